The number of allylic oxidation sites excluding steroid dienone is 1. The first-order valence-corrected chi connectivity index (χ1v) is 9.15. The number of nitrogens with zero attached hydrogens (tertiary/aromatic N) is 2. The van der Waals surface area contributed by atoms with Crippen molar-refractivity contribution in [3.8, 4) is 0 Å². The van der Waals surface area contributed by atoms with Crippen LogP contribution in [0.3, 0.4) is 0 Å². The highest BCUT2D eigenvalue weighted by Crippen LogP contribution is 2.19. The van der Waals surface area contributed by atoms with Crippen LogP contribution in [0, 0.1) is 10.1 Å². The molecular formula is C17H31N5O2. The van der Waals surface area contributed by atoms with Crippen LogP contribution in [0.25, 0.3) is 0 Å². The first kappa shape index (κ1) is 18.7. The van der Waals surface area contributed by atoms with E-state index in [1.54, 1.807) is 6.08 Å². The van der Waals surface area contributed by atoms with E-state index in [9.17, 15) is 10.1 Å². The van der Waals surface area contributed by atoms with Gasteiger partial charge in [0.2, 0.25) is 0 Å². The molecule has 0 bridgehead atoms. The Kier molecular flexibility index (Phi) is 7.05. The van der Waals surface area contributed by atoms with Gasteiger partial charge in [-0.1, -0.05) is 19.8 Å². The molecule has 0 spiro atoms. The van der Waals surface area contributed by atoms with Gasteiger partial charge in [0.05, 0.1) is 4.92 Å². The maximum absolute atomic E-state index is 11.2. The Bertz CT molecular complexity index is 485. The van der Waals surface area contributed by atoms with Gasteiger partial charge in [-0.3, -0.25) is 10.1 Å². The van der Waals surface area contributed by atoms with Gasteiger partial charge >= 0.3 is 5.70 Å². The fraction of sp³-hybridized carbons (Fsp3) is 0.765. The Hall–Kier alpha value is -1.60. The second kappa shape index (κ2) is 9.03. The van der Waals surface area contributed by atoms with E-state index in [1.165, 1.54) is 38.4 Å². The van der Waals surface area contributed by atoms with E-state index >= 15 is 0 Å². The van der Waals surface area contributed by atoms with Crippen LogP contribution < -0.4 is 16.4 Å². The minimum Gasteiger partial charge on any atom is -0.366 e. The third-order valence-corrected chi connectivity index (χ3v) is 4.69. The van der Waals surface area contributed by atoms with Crippen LogP contribution in [-0.4, -0.2) is 41.7 Å². The van der Waals surface area contributed by atoms with Crippen LogP contribution >= 0.6 is 0 Å². The molecule has 0 aromatic carbocycles. The van der Waals surface area contributed by atoms with Gasteiger partial charge in [-0.2, -0.15) is 0 Å². The van der Waals surface area contributed by atoms with E-state index in [0.717, 1.165) is 32.2 Å². The summed E-state index contributed by atoms with van der Waals surface area (Å²) in [6, 6.07) is 0. The zero-order valence-electron chi connectivity index (χ0n) is 14.7. The summed E-state index contributed by atoms with van der Waals surface area (Å²) in [5.74, 6) is 0.444. The minimum atomic E-state index is -0.704. The maximum Gasteiger partial charge on any atom is 0.308 e. The molecule has 136 valence electrons. The predicted octanol–water partition coefficient (Wildman–Crippen LogP) is 1.90. The number of nitrogens with one attached hydrogen (secondary N) is 2. The number of unbranched alkanes of at least 4 members (excludes halogenated alkanes) is 1. The molecule has 4 N–H and O–H groups in total. The van der Waals surface area contributed by atoms with Crippen molar-refractivity contribution in [2.24, 2.45) is 5.73 Å². The number of hydrogen-bond donors (Lipinski definition) is 3. The molecule has 0 amide bonds. The average molecular weight is 337 g/mol. The topological polar surface area (TPSA) is 96.5 Å². The van der Waals surface area contributed by atoms with Gasteiger partial charge in [-0.25, -0.2) is 0 Å². The van der Waals surface area contributed by atoms with E-state index in [-0.39, 0.29) is 10.6 Å². The molecule has 0 aliphatic carbocycles. The number of hydrogen-bond acceptors (Lipinski definition) is 6. The van der Waals surface area contributed by atoms with Crippen molar-refractivity contribution in [2.75, 3.05) is 26.2 Å². The molecule has 7 nitrogen and oxygen atoms in total. The Labute approximate surface area is 144 Å². The van der Waals surface area contributed by atoms with Crippen LogP contribution in [0.15, 0.2) is 23.7 Å². The lowest BCUT2D eigenvalue weighted by molar-refractivity contribution is -0.421. The van der Waals surface area contributed by atoms with Crippen LogP contribution in [0.2, 0.25) is 0 Å². The molecule has 0 saturated carbocycles. The molecule has 1 fully saturated rings. The van der Waals surface area contributed by atoms with E-state index in [4.69, 9.17) is 5.73 Å². The van der Waals surface area contributed by atoms with Crippen LogP contribution in [0.1, 0.15) is 51.9 Å². The number of piperidine rings is 1. The van der Waals surface area contributed by atoms with Crippen molar-refractivity contribution in [1.82, 2.24) is 15.5 Å². The third-order valence-electron chi connectivity index (χ3n) is 4.69. The van der Waals surface area contributed by atoms with Crippen LogP contribution in [-0.2, 0) is 0 Å². The number of dihydropyridines is 1. The molecule has 2 aliphatic rings. The number of nitro groups is 1. The van der Waals surface area contributed by atoms with Crippen LogP contribution in [0.4, 0.5) is 0 Å². The lowest BCUT2D eigenvalue weighted by atomic mass is 10.00. The highest BCUT2D eigenvalue weighted by molar-refractivity contribution is 5.27. The van der Waals surface area contributed by atoms with Crippen molar-refractivity contribution in [1.29, 1.82) is 0 Å². The van der Waals surface area contributed by atoms with Crippen molar-refractivity contribution in [3.05, 3.63) is 33.8 Å². The zero-order valence-corrected chi connectivity index (χ0v) is 14.7. The predicted molar refractivity (Wildman–Crippen MR) is 95.7 cm³/mol. The monoisotopic (exact) mass is 337 g/mol. The summed E-state index contributed by atoms with van der Waals surface area (Å²) >= 11 is 0. The highest BCUT2D eigenvalue weighted by atomic mass is 16.6. The normalized spacial score (nSPS) is 24.8. The summed E-state index contributed by atoms with van der Waals surface area (Å²) in [5, 5.41) is 17.6. The molecule has 0 radical (unpaired) electrons. The fourth-order valence-corrected chi connectivity index (χ4v) is 3.25. The molecule has 2 rings (SSSR count). The van der Waals surface area contributed by atoms with Crippen molar-refractivity contribution in [3.63, 3.8) is 0 Å². The molecular weight excluding hydrogens is 306 g/mol. The third kappa shape index (κ3) is 5.49. The Morgan fingerprint density at radius 3 is 2.79 bits per heavy atom. The van der Waals surface area contributed by atoms with Crippen molar-refractivity contribution < 1.29 is 4.92 Å². The van der Waals surface area contributed by atoms with E-state index < -0.39 is 5.66 Å². The minimum absolute atomic E-state index is 0.0607. The number of rotatable bonds is 9. The summed E-state index contributed by atoms with van der Waals surface area (Å²) in [7, 11) is 0. The molecule has 1 atom stereocenters. The summed E-state index contributed by atoms with van der Waals surface area (Å²) < 4.78 is 0. The average Bonchev–Trinajstić information content (AvgIpc) is 2.58. The molecule has 24 heavy (non-hydrogen) atoms. The van der Waals surface area contributed by atoms with Gasteiger partial charge in [-0.05, 0) is 57.8 Å². The number of likely N-dealkylation sites (tertiary alicyclic amines) is 1. The first-order chi connectivity index (χ1) is 11.5. The fourth-order valence-electron chi connectivity index (χ4n) is 3.25. The number of nitrogens with two attached hydrogens (primary N) is 1. The first-order valence-electron chi connectivity index (χ1n) is 9.15. The molecule has 2 heterocycles. The van der Waals surface area contributed by atoms with Gasteiger partial charge in [0.15, 0.2) is 5.82 Å². The van der Waals surface area contributed by atoms with Crippen molar-refractivity contribution >= 4 is 0 Å². The Morgan fingerprint density at radius 2 is 2.12 bits per heavy atom. The molecule has 2 aliphatic heterocycles. The molecule has 0 aromatic rings. The molecule has 1 unspecified atom stereocenters. The quantitative estimate of drug-likeness (QED) is 0.338. The van der Waals surface area contributed by atoms with E-state index in [0.29, 0.717) is 12.4 Å². The lowest BCUT2D eigenvalue weighted by Crippen LogP contribution is -2.55. The molecule has 1 saturated heterocycles. The van der Waals surface area contributed by atoms with Gasteiger partial charge in [-0.15, -0.1) is 0 Å². The van der Waals surface area contributed by atoms with Gasteiger partial charge in [0.25, 0.3) is 0 Å². The summed E-state index contributed by atoms with van der Waals surface area (Å²) in [4.78, 5) is 13.3. The second-order valence-electron chi connectivity index (χ2n) is 6.80. The van der Waals surface area contributed by atoms with Gasteiger partial charge in [0.1, 0.15) is 5.66 Å². The zero-order chi connectivity index (χ0) is 17.4. The largest absolute Gasteiger partial charge is 0.366 e. The summed E-state index contributed by atoms with van der Waals surface area (Å²) in [5.41, 5.74) is 5.67. The van der Waals surface area contributed by atoms with Crippen molar-refractivity contribution in [2.45, 2.75) is 57.5 Å². The SMILES string of the molecule is CCCCC1(N)C=CC([N+](=O)[O-])=C(NCCCN2CCCCC2)N1. The maximum atomic E-state index is 11.2. The standard InChI is InChI=1S/C17H31N5O2/c1-2-3-9-17(18)10-8-15(22(23)24)16(20-17)19-11-7-14-21-12-5-4-6-13-21/h8,10,19-20H,2-7,9,11-14,18H2,1H3. The molecule has 7 heteroatoms. The van der Waals surface area contributed by atoms with E-state index in [2.05, 4.69) is 22.5 Å². The Balaban J connectivity index is 1.86. The molecule has 0 aromatic heterocycles. The van der Waals surface area contributed by atoms with Gasteiger partial charge < -0.3 is 21.3 Å². The second-order valence-corrected chi connectivity index (χ2v) is 6.80. The highest BCUT2D eigenvalue weighted by Gasteiger charge is 2.30. The summed E-state index contributed by atoms with van der Waals surface area (Å²) in [6.45, 7) is 6.19. The summed E-state index contributed by atoms with van der Waals surface area (Å²) in [6.07, 6.45) is 10.9. The van der Waals surface area contributed by atoms with Crippen LogP contribution in [0.5, 0.6) is 0 Å². The lowest BCUT2D eigenvalue weighted by Gasteiger charge is -2.32. The van der Waals surface area contributed by atoms with Gasteiger partial charge in [0, 0.05) is 12.6 Å². The van der Waals surface area contributed by atoms with E-state index in [1.807, 2.05) is 0 Å². The smallest absolute Gasteiger partial charge is 0.308 e. The Morgan fingerprint density at radius 1 is 1.38 bits per heavy atom.